The van der Waals surface area contributed by atoms with Gasteiger partial charge in [0.2, 0.25) is 5.91 Å². The second kappa shape index (κ2) is 8.20. The highest BCUT2D eigenvalue weighted by Crippen LogP contribution is 2.42. The van der Waals surface area contributed by atoms with Gasteiger partial charge in [0, 0.05) is 12.7 Å². The van der Waals surface area contributed by atoms with E-state index in [2.05, 4.69) is 10.6 Å². The van der Waals surface area contributed by atoms with Crippen LogP contribution in [0.1, 0.15) is 46.1 Å². The van der Waals surface area contributed by atoms with E-state index in [1.54, 1.807) is 59.0 Å². The molecule has 5 amide bonds. The third-order valence-electron chi connectivity index (χ3n) is 5.40. The predicted octanol–water partition coefficient (Wildman–Crippen LogP) is 2.71. The Labute approximate surface area is 182 Å². The number of benzene rings is 1. The molecule has 1 aromatic rings. The van der Waals surface area contributed by atoms with Gasteiger partial charge in [-0.05, 0) is 58.1 Å². The van der Waals surface area contributed by atoms with Crippen LogP contribution in [0.3, 0.4) is 0 Å². The van der Waals surface area contributed by atoms with Gasteiger partial charge in [-0.3, -0.25) is 14.5 Å². The molecule has 31 heavy (non-hydrogen) atoms. The summed E-state index contributed by atoms with van der Waals surface area (Å²) in [5, 5.41) is 5.48. The van der Waals surface area contributed by atoms with Crippen molar-refractivity contribution in [3.05, 3.63) is 29.8 Å². The zero-order valence-corrected chi connectivity index (χ0v) is 18.7. The summed E-state index contributed by atoms with van der Waals surface area (Å²) in [6, 6.07) is 6.49. The minimum atomic E-state index is -0.925. The minimum Gasteiger partial charge on any atom is -0.444 e. The lowest BCUT2D eigenvalue weighted by Gasteiger charge is -2.25. The highest BCUT2D eigenvalue weighted by atomic mass is 16.6. The molecule has 1 atom stereocenters. The van der Waals surface area contributed by atoms with Crippen LogP contribution in [-0.4, -0.2) is 58.5 Å². The fourth-order valence-electron chi connectivity index (χ4n) is 3.57. The number of imide groups is 1. The van der Waals surface area contributed by atoms with Gasteiger partial charge in [0.25, 0.3) is 5.91 Å². The molecule has 0 aromatic heterocycles. The molecule has 9 heteroatoms. The van der Waals surface area contributed by atoms with Crippen molar-refractivity contribution in [1.82, 2.24) is 15.1 Å². The lowest BCUT2D eigenvalue weighted by molar-refractivity contribution is -0.134. The van der Waals surface area contributed by atoms with Gasteiger partial charge < -0.3 is 20.3 Å². The van der Waals surface area contributed by atoms with Crippen molar-refractivity contribution < 1.29 is 23.9 Å². The molecule has 2 N–H and O–H groups in total. The number of nitrogens with one attached hydrogen (secondary N) is 2. The molecule has 168 valence electrons. The van der Waals surface area contributed by atoms with Crippen LogP contribution >= 0.6 is 0 Å². The number of urea groups is 1. The average Bonchev–Trinajstić information content (AvgIpc) is 3.48. The molecule has 1 aromatic carbocycles. The first-order chi connectivity index (χ1) is 14.4. The van der Waals surface area contributed by atoms with Gasteiger partial charge in [0.15, 0.2) is 0 Å². The fourth-order valence-corrected chi connectivity index (χ4v) is 3.57. The number of carbonyl (C=O) groups excluding carboxylic acids is 4. The summed E-state index contributed by atoms with van der Waals surface area (Å²) in [5.41, 5.74) is -0.341. The van der Waals surface area contributed by atoms with Crippen molar-refractivity contribution in [1.29, 1.82) is 0 Å². The number of para-hydroxylation sites is 1. The third kappa shape index (κ3) is 5.15. The second-order valence-electron chi connectivity index (χ2n) is 9.34. The van der Waals surface area contributed by atoms with E-state index in [0.717, 1.165) is 17.7 Å². The summed E-state index contributed by atoms with van der Waals surface area (Å²) in [7, 11) is 1.61. The Bertz CT molecular complexity index is 905. The molecule has 2 aliphatic rings. The molecular weight excluding hydrogens is 400 g/mol. The van der Waals surface area contributed by atoms with Gasteiger partial charge in [0.05, 0.1) is 6.54 Å². The van der Waals surface area contributed by atoms with Crippen LogP contribution in [0.25, 0.3) is 0 Å². The summed E-state index contributed by atoms with van der Waals surface area (Å²) in [4.78, 5) is 52.2. The van der Waals surface area contributed by atoms with Gasteiger partial charge in [-0.15, -0.1) is 0 Å². The zero-order chi connectivity index (χ0) is 23.0. The van der Waals surface area contributed by atoms with E-state index in [0.29, 0.717) is 11.3 Å². The smallest absolute Gasteiger partial charge is 0.410 e. The summed E-state index contributed by atoms with van der Waals surface area (Å²) in [5.74, 6) is -0.731. The van der Waals surface area contributed by atoms with Gasteiger partial charge in [0.1, 0.15) is 17.7 Å². The topological polar surface area (TPSA) is 108 Å². The number of hydrogen-bond donors (Lipinski definition) is 2. The van der Waals surface area contributed by atoms with E-state index in [4.69, 9.17) is 4.74 Å². The van der Waals surface area contributed by atoms with E-state index in [9.17, 15) is 19.2 Å². The molecule has 1 heterocycles. The average molecular weight is 431 g/mol. The Morgan fingerprint density at radius 2 is 1.90 bits per heavy atom. The van der Waals surface area contributed by atoms with Crippen molar-refractivity contribution in [2.24, 2.45) is 5.92 Å². The van der Waals surface area contributed by atoms with Crippen LogP contribution in [0.2, 0.25) is 0 Å². The molecule has 1 aliphatic heterocycles. The Kier molecular flexibility index (Phi) is 5.98. The second-order valence-corrected chi connectivity index (χ2v) is 9.34. The van der Waals surface area contributed by atoms with Gasteiger partial charge >= 0.3 is 12.1 Å². The number of carbonyl (C=O) groups is 4. The summed E-state index contributed by atoms with van der Waals surface area (Å²) in [6.45, 7) is 6.92. The van der Waals surface area contributed by atoms with Crippen molar-refractivity contribution in [3.63, 3.8) is 0 Å². The molecule has 0 spiro atoms. The first-order valence-corrected chi connectivity index (χ1v) is 10.4. The summed E-state index contributed by atoms with van der Waals surface area (Å²) < 4.78 is 5.36. The first kappa shape index (κ1) is 22.6. The number of anilines is 1. The maximum Gasteiger partial charge on any atom is 0.410 e. The van der Waals surface area contributed by atoms with Crippen molar-refractivity contribution in [3.8, 4) is 0 Å². The number of amides is 5. The van der Waals surface area contributed by atoms with E-state index >= 15 is 0 Å². The quantitative estimate of drug-likeness (QED) is 0.675. The Hall–Kier alpha value is -3.10. The van der Waals surface area contributed by atoms with Crippen LogP contribution in [0.5, 0.6) is 0 Å². The standard InChI is InChI=1S/C22H30N4O5/c1-21(2,3)31-20(30)25(5)12-14-8-6-7-9-16(14)23-17(27)13-26-18(28)22(4,15-10-11-15)24-19(26)29/h6-9,15H,10-13H2,1-5H3,(H,23,27)(H,24,29). The highest BCUT2D eigenvalue weighted by molar-refractivity contribution is 6.10. The zero-order valence-electron chi connectivity index (χ0n) is 18.7. The van der Waals surface area contributed by atoms with E-state index in [-0.39, 0.29) is 24.9 Å². The van der Waals surface area contributed by atoms with E-state index < -0.39 is 29.2 Å². The van der Waals surface area contributed by atoms with Crippen molar-refractivity contribution >= 4 is 29.6 Å². The first-order valence-electron chi connectivity index (χ1n) is 10.4. The number of nitrogens with zero attached hydrogens (tertiary/aromatic N) is 2. The van der Waals surface area contributed by atoms with Crippen molar-refractivity contribution in [2.75, 3.05) is 18.9 Å². The molecule has 1 saturated heterocycles. The number of hydrogen-bond acceptors (Lipinski definition) is 5. The van der Waals surface area contributed by atoms with E-state index in [1.807, 2.05) is 0 Å². The molecule has 1 aliphatic carbocycles. The molecule has 0 radical (unpaired) electrons. The van der Waals surface area contributed by atoms with Crippen LogP contribution in [0.4, 0.5) is 15.3 Å². The minimum absolute atomic E-state index is 0.126. The van der Waals surface area contributed by atoms with Gasteiger partial charge in [-0.25, -0.2) is 9.59 Å². The largest absolute Gasteiger partial charge is 0.444 e. The van der Waals surface area contributed by atoms with Crippen molar-refractivity contribution in [2.45, 2.75) is 58.2 Å². The van der Waals surface area contributed by atoms with Crippen LogP contribution in [0.15, 0.2) is 24.3 Å². The normalized spacial score (nSPS) is 21.0. The Morgan fingerprint density at radius 3 is 2.52 bits per heavy atom. The van der Waals surface area contributed by atoms with E-state index in [1.165, 1.54) is 4.90 Å². The summed E-state index contributed by atoms with van der Waals surface area (Å²) in [6.07, 6.45) is 1.30. The lowest BCUT2D eigenvalue weighted by Crippen LogP contribution is -2.46. The van der Waals surface area contributed by atoms with Crippen LogP contribution in [0, 0.1) is 5.92 Å². The number of rotatable bonds is 6. The highest BCUT2D eigenvalue weighted by Gasteiger charge is 2.56. The van der Waals surface area contributed by atoms with Crippen LogP contribution < -0.4 is 10.6 Å². The predicted molar refractivity (Wildman–Crippen MR) is 114 cm³/mol. The van der Waals surface area contributed by atoms with Crippen LogP contribution in [-0.2, 0) is 20.9 Å². The third-order valence-corrected chi connectivity index (χ3v) is 5.40. The maximum absolute atomic E-state index is 12.7. The molecule has 1 saturated carbocycles. The molecule has 1 unspecified atom stereocenters. The molecule has 3 rings (SSSR count). The monoisotopic (exact) mass is 430 g/mol. The van der Waals surface area contributed by atoms with Gasteiger partial charge in [-0.1, -0.05) is 18.2 Å². The Balaban J connectivity index is 1.64. The van der Waals surface area contributed by atoms with Gasteiger partial charge in [-0.2, -0.15) is 0 Å². The lowest BCUT2D eigenvalue weighted by atomic mass is 9.96. The molecule has 0 bridgehead atoms. The molecule has 2 fully saturated rings. The maximum atomic E-state index is 12.7. The SMILES string of the molecule is CN(Cc1ccccc1NC(=O)CN1C(=O)NC(C)(C2CC2)C1=O)C(=O)OC(C)(C)C. The summed E-state index contributed by atoms with van der Waals surface area (Å²) >= 11 is 0. The number of ether oxygens (including phenoxy) is 1. The fraction of sp³-hybridized carbons (Fsp3) is 0.545. The molecule has 9 nitrogen and oxygen atoms in total. The Morgan fingerprint density at radius 1 is 1.26 bits per heavy atom. The molecular formula is C22H30N4O5.